The van der Waals surface area contributed by atoms with Crippen molar-refractivity contribution < 1.29 is 38.1 Å². The van der Waals surface area contributed by atoms with Gasteiger partial charge in [-0.1, -0.05) is 48.5 Å². The van der Waals surface area contributed by atoms with Gasteiger partial charge in [-0.2, -0.15) is 15.4 Å². The van der Waals surface area contributed by atoms with Crippen molar-refractivity contribution in [3.8, 4) is 11.8 Å². The Morgan fingerprint density at radius 3 is 2.57 bits per heavy atom. The minimum atomic E-state index is -4.37. The molecule has 2 aromatic carbocycles. The molecule has 44 heavy (non-hydrogen) atoms. The molecule has 14 nitrogen and oxygen atoms in total. The van der Waals surface area contributed by atoms with E-state index in [4.69, 9.17) is 24.3 Å². The number of carbonyl (C=O) groups is 1. The Kier molecular flexibility index (Phi) is 8.71. The van der Waals surface area contributed by atoms with Crippen LogP contribution in [0.25, 0.3) is 5.52 Å². The Morgan fingerprint density at radius 1 is 1.20 bits per heavy atom. The first-order chi connectivity index (χ1) is 21.0. The number of rotatable bonds is 11. The van der Waals surface area contributed by atoms with Crippen molar-refractivity contribution >= 4 is 25.1 Å². The second kappa shape index (κ2) is 12.3. The summed E-state index contributed by atoms with van der Waals surface area (Å²) < 4.78 is 38.0. The van der Waals surface area contributed by atoms with Crippen LogP contribution in [0, 0.1) is 11.3 Å². The Bertz CT molecular complexity index is 1710. The number of aromatic nitrogens is 3. The van der Waals surface area contributed by atoms with Gasteiger partial charge in [-0.15, -0.1) is 0 Å². The highest BCUT2D eigenvalue weighted by Gasteiger charge is 2.65. The van der Waals surface area contributed by atoms with Gasteiger partial charge in [0, 0.05) is 0 Å². The monoisotopic (exact) mass is 622 g/mol. The quantitative estimate of drug-likeness (QED) is 0.140. The number of anilines is 1. The number of para-hydroxylation sites is 1. The summed E-state index contributed by atoms with van der Waals surface area (Å²) in [5, 5.41) is 39.6. The highest BCUT2D eigenvalue weighted by molar-refractivity contribution is 7.52. The van der Waals surface area contributed by atoms with E-state index < -0.39 is 49.8 Å². The zero-order valence-corrected chi connectivity index (χ0v) is 24.7. The number of nitrogens with two attached hydrogens (primary N) is 1. The van der Waals surface area contributed by atoms with Gasteiger partial charge in [-0.05, 0) is 43.7 Å². The van der Waals surface area contributed by atoms with Crippen molar-refractivity contribution in [2.24, 2.45) is 0 Å². The van der Waals surface area contributed by atoms with Crippen molar-refractivity contribution in [2.75, 3.05) is 12.3 Å². The topological polar surface area (TPSA) is 204 Å². The number of fused-ring (bicyclic) bond motifs is 1. The molecular formula is C29H31N6O8P. The van der Waals surface area contributed by atoms with Crippen molar-refractivity contribution in [2.45, 2.75) is 49.9 Å². The number of benzene rings is 2. The Labute approximate surface area is 252 Å². The number of hydrogen-bond acceptors (Lipinski definition) is 12. The Morgan fingerprint density at radius 2 is 1.89 bits per heavy atom. The molecule has 1 aliphatic heterocycles. The van der Waals surface area contributed by atoms with Crippen LogP contribution in [-0.2, 0) is 35.6 Å². The summed E-state index contributed by atoms with van der Waals surface area (Å²) in [6.45, 7) is 2.03. The minimum Gasteiger partial charge on any atom is -0.460 e. The molecule has 2 aromatic heterocycles. The van der Waals surface area contributed by atoms with Gasteiger partial charge < -0.3 is 29.9 Å². The van der Waals surface area contributed by atoms with Crippen LogP contribution in [0.4, 0.5) is 5.82 Å². The van der Waals surface area contributed by atoms with Gasteiger partial charge in [0.25, 0.3) is 0 Å². The molecule has 1 unspecified atom stereocenters. The number of aliphatic hydroxyl groups excluding tert-OH is 1. The van der Waals surface area contributed by atoms with Gasteiger partial charge in [0.1, 0.15) is 54.1 Å². The smallest absolute Gasteiger partial charge is 0.459 e. The number of nitriles is 1. The van der Waals surface area contributed by atoms with Crippen LogP contribution in [0.1, 0.15) is 25.1 Å². The van der Waals surface area contributed by atoms with Crippen LogP contribution in [0.3, 0.4) is 0 Å². The number of esters is 1. The molecular weight excluding hydrogens is 591 g/mol. The standard InChI is InChI=1S/C29H31N6O8P/c1-19(27(37)40-15-20-9-5-3-6-10-20)34-44(39,43-21-11-7-4-8-12-21)41-16-23-25(36)28(2,38)29(17-30,42-23)24-14-13-22-26(31)32-18-33-35(22)24/h3-14,18-19,23,25,36,38H,15-16H2,1-2H3,(H,34,39)(H2,31,32,33)/t19-,23+,25+,28+,29-,44?/m0/s1. The fourth-order valence-corrected chi connectivity index (χ4v) is 6.37. The highest BCUT2D eigenvalue weighted by atomic mass is 31.2. The third-order valence-corrected chi connectivity index (χ3v) is 8.92. The van der Waals surface area contributed by atoms with E-state index in [0.29, 0.717) is 5.52 Å². The van der Waals surface area contributed by atoms with E-state index in [1.807, 2.05) is 12.1 Å². The molecule has 0 bridgehead atoms. The second-order valence-electron chi connectivity index (χ2n) is 10.3. The van der Waals surface area contributed by atoms with E-state index in [1.54, 1.807) is 48.5 Å². The van der Waals surface area contributed by atoms with Gasteiger partial charge in [-0.3, -0.25) is 9.32 Å². The molecule has 0 amide bonds. The first kappa shape index (κ1) is 31.1. The lowest BCUT2D eigenvalue weighted by molar-refractivity contribution is -0.146. The average molecular weight is 623 g/mol. The third kappa shape index (κ3) is 5.89. The normalized spacial score (nSPS) is 25.2. The fraction of sp³-hybridized carbons (Fsp3) is 0.310. The number of nitrogens with one attached hydrogen (secondary N) is 1. The summed E-state index contributed by atoms with van der Waals surface area (Å²) in [5.41, 5.74) is 2.77. The molecule has 1 fully saturated rings. The molecule has 0 spiro atoms. The first-order valence-corrected chi connectivity index (χ1v) is 15.1. The maximum atomic E-state index is 14.0. The Hall–Kier alpha value is -4.35. The van der Waals surface area contributed by atoms with E-state index in [9.17, 15) is 24.8 Å². The SMILES string of the molecule is C[C@H](NP(=O)(OC[C@H]1O[C@@](C#N)(c2ccc3c(N)ncnn23)[C@](C)(O)[C@@H]1O)Oc1ccccc1)C(=O)OCc1ccccc1. The zero-order valence-electron chi connectivity index (χ0n) is 23.8. The molecule has 3 heterocycles. The lowest BCUT2D eigenvalue weighted by atomic mass is 9.80. The minimum absolute atomic E-state index is 0.00514. The number of ether oxygens (including phenoxy) is 2. The molecule has 230 valence electrons. The van der Waals surface area contributed by atoms with Crippen molar-refractivity contribution in [1.29, 1.82) is 5.26 Å². The average Bonchev–Trinajstić information content (AvgIpc) is 3.54. The zero-order chi connectivity index (χ0) is 31.5. The first-order valence-electron chi connectivity index (χ1n) is 13.6. The maximum absolute atomic E-state index is 14.0. The molecule has 4 aromatic rings. The second-order valence-corrected chi connectivity index (χ2v) is 12.0. The molecule has 5 rings (SSSR count). The number of hydrogen-bond donors (Lipinski definition) is 4. The molecule has 0 saturated carbocycles. The van der Waals surface area contributed by atoms with E-state index in [2.05, 4.69) is 15.2 Å². The summed E-state index contributed by atoms with van der Waals surface area (Å²) in [6.07, 6.45) is -1.92. The molecule has 5 N–H and O–H groups in total. The highest BCUT2D eigenvalue weighted by Crippen LogP contribution is 2.50. The van der Waals surface area contributed by atoms with Crippen LogP contribution >= 0.6 is 7.75 Å². The van der Waals surface area contributed by atoms with Crippen molar-refractivity contribution in [1.82, 2.24) is 19.7 Å². The molecule has 1 saturated heterocycles. The fourth-order valence-electron chi connectivity index (χ4n) is 4.87. The molecule has 0 radical (unpaired) electrons. The predicted molar refractivity (Wildman–Crippen MR) is 156 cm³/mol. The van der Waals surface area contributed by atoms with Crippen LogP contribution in [0.2, 0.25) is 0 Å². The molecule has 15 heteroatoms. The summed E-state index contributed by atoms with van der Waals surface area (Å²) >= 11 is 0. The van der Waals surface area contributed by atoms with E-state index >= 15 is 0 Å². The van der Waals surface area contributed by atoms with Crippen LogP contribution in [0.5, 0.6) is 5.75 Å². The van der Waals surface area contributed by atoms with Gasteiger partial charge in [0.05, 0.1) is 12.3 Å². The molecule has 6 atom stereocenters. The molecule has 0 aliphatic carbocycles. The Balaban J connectivity index is 1.36. The van der Waals surface area contributed by atoms with Crippen LogP contribution in [0.15, 0.2) is 79.1 Å². The van der Waals surface area contributed by atoms with Gasteiger partial charge in [0.15, 0.2) is 5.82 Å². The lowest BCUT2D eigenvalue weighted by Crippen LogP contribution is -2.52. The largest absolute Gasteiger partial charge is 0.460 e. The lowest BCUT2D eigenvalue weighted by Gasteiger charge is -2.33. The van der Waals surface area contributed by atoms with Crippen LogP contribution in [-0.4, -0.2) is 61.2 Å². The number of carbonyl (C=O) groups excluding carboxylic acids is 1. The number of nitrogen functional groups attached to an aromatic ring is 1. The number of nitrogens with zero attached hydrogens (tertiary/aromatic N) is 4. The van der Waals surface area contributed by atoms with Gasteiger partial charge in [0.2, 0.25) is 5.60 Å². The summed E-state index contributed by atoms with van der Waals surface area (Å²) in [6, 6.07) is 21.0. The number of aliphatic hydroxyl groups is 2. The van der Waals surface area contributed by atoms with E-state index in [1.165, 1.54) is 42.9 Å². The summed E-state index contributed by atoms with van der Waals surface area (Å²) in [7, 11) is -4.37. The van der Waals surface area contributed by atoms with Crippen molar-refractivity contribution in [3.63, 3.8) is 0 Å². The van der Waals surface area contributed by atoms with Crippen LogP contribution < -0.4 is 15.3 Å². The van der Waals surface area contributed by atoms with Gasteiger partial charge >= 0.3 is 13.7 Å². The van der Waals surface area contributed by atoms with Crippen molar-refractivity contribution in [3.05, 3.63) is 90.4 Å². The van der Waals surface area contributed by atoms with E-state index in [-0.39, 0.29) is 23.9 Å². The maximum Gasteiger partial charge on any atom is 0.459 e. The van der Waals surface area contributed by atoms with Gasteiger partial charge in [-0.25, -0.2) is 14.1 Å². The summed E-state index contributed by atoms with van der Waals surface area (Å²) in [5.74, 6) is -0.436. The summed E-state index contributed by atoms with van der Waals surface area (Å²) in [4.78, 5) is 16.7. The third-order valence-electron chi connectivity index (χ3n) is 7.28. The molecule has 1 aliphatic rings. The predicted octanol–water partition coefficient (Wildman–Crippen LogP) is 2.47. The van der Waals surface area contributed by atoms with E-state index in [0.717, 1.165) is 5.56 Å².